The van der Waals surface area contributed by atoms with Gasteiger partial charge in [0.25, 0.3) is 5.91 Å². The van der Waals surface area contributed by atoms with Crippen LogP contribution in [0.1, 0.15) is 36.2 Å². The molecule has 1 fully saturated rings. The average Bonchev–Trinajstić information content (AvgIpc) is 2.48. The summed E-state index contributed by atoms with van der Waals surface area (Å²) in [7, 11) is 1.70. The van der Waals surface area contributed by atoms with Crippen molar-refractivity contribution in [2.45, 2.75) is 32.4 Å². The summed E-state index contributed by atoms with van der Waals surface area (Å²) in [4.78, 5) is 16.4. The van der Waals surface area contributed by atoms with Crippen LogP contribution in [0.5, 0.6) is 0 Å². The molecule has 0 bridgehead atoms. The van der Waals surface area contributed by atoms with Crippen molar-refractivity contribution in [2.75, 3.05) is 13.7 Å². The van der Waals surface area contributed by atoms with Gasteiger partial charge in [-0.1, -0.05) is 25.7 Å². The van der Waals surface area contributed by atoms with Crippen LogP contribution in [-0.2, 0) is 4.74 Å². The topological polar surface area (TPSA) is 77.2 Å². The predicted molar refractivity (Wildman–Crippen MR) is 80.6 cm³/mol. The van der Waals surface area contributed by atoms with Crippen LogP contribution in [0.3, 0.4) is 0 Å². The molecule has 1 amide bonds. The van der Waals surface area contributed by atoms with Gasteiger partial charge in [0.15, 0.2) is 0 Å². The van der Waals surface area contributed by atoms with Gasteiger partial charge in [0.05, 0.1) is 23.8 Å². The molecule has 0 radical (unpaired) electrons. The lowest BCUT2D eigenvalue weighted by molar-refractivity contribution is -0.0942. The lowest BCUT2D eigenvalue weighted by atomic mass is 9.64. The summed E-state index contributed by atoms with van der Waals surface area (Å²) in [5.41, 5.74) is 6.43. The van der Waals surface area contributed by atoms with Gasteiger partial charge in [0.2, 0.25) is 0 Å². The minimum atomic E-state index is -0.133. The molecule has 21 heavy (non-hydrogen) atoms. The molecule has 1 aromatic rings. The van der Waals surface area contributed by atoms with Gasteiger partial charge in [-0.15, -0.1) is 0 Å². The van der Waals surface area contributed by atoms with Crippen LogP contribution in [0.15, 0.2) is 18.5 Å². The number of nitrogens with one attached hydrogen (secondary N) is 1. The van der Waals surface area contributed by atoms with Crippen LogP contribution in [0.4, 0.5) is 0 Å². The largest absolute Gasteiger partial charge is 0.381 e. The Morgan fingerprint density at radius 1 is 1.62 bits per heavy atom. The molecule has 2 atom stereocenters. The summed E-state index contributed by atoms with van der Waals surface area (Å²) in [5, 5.41) is 3.06. The number of carbonyl (C=O) groups is 1. The van der Waals surface area contributed by atoms with E-state index >= 15 is 0 Å². The summed E-state index contributed by atoms with van der Waals surface area (Å²) in [6, 6.07) is 1.77. The fourth-order valence-electron chi connectivity index (χ4n) is 2.60. The molecule has 0 aromatic carbocycles. The fraction of sp³-hybridized carbons (Fsp3) is 0.500. The molecule has 5 nitrogen and oxygen atoms in total. The number of ether oxygens (including phenoxy) is 1. The second kappa shape index (κ2) is 6.25. The summed E-state index contributed by atoms with van der Waals surface area (Å²) < 4.78 is 5.40. The molecule has 0 saturated heterocycles. The zero-order valence-corrected chi connectivity index (χ0v) is 12.6. The lowest BCUT2D eigenvalue weighted by Crippen LogP contribution is -2.61. The van der Waals surface area contributed by atoms with Crippen LogP contribution in [0.25, 0.3) is 0 Å². The number of nitrogens with two attached hydrogens (primary N) is 1. The molecule has 112 valence electrons. The van der Waals surface area contributed by atoms with Gasteiger partial charge in [0.1, 0.15) is 0 Å². The molecule has 3 N–H and O–H groups in total. The highest BCUT2D eigenvalue weighted by Crippen LogP contribution is 2.42. The van der Waals surface area contributed by atoms with E-state index < -0.39 is 0 Å². The third-order valence-electron chi connectivity index (χ3n) is 4.16. The van der Waals surface area contributed by atoms with Gasteiger partial charge in [-0.05, 0) is 12.5 Å². The van der Waals surface area contributed by atoms with Gasteiger partial charge in [-0.25, -0.2) is 0 Å². The van der Waals surface area contributed by atoms with Gasteiger partial charge in [0, 0.05) is 31.0 Å². The molecule has 1 saturated carbocycles. The van der Waals surface area contributed by atoms with E-state index in [1.807, 2.05) is 0 Å². The Kier molecular flexibility index (Phi) is 4.61. The zero-order valence-electron chi connectivity index (χ0n) is 12.6. The number of nitrogens with zero attached hydrogens (tertiary/aromatic N) is 1. The number of rotatable bonds is 3. The van der Waals surface area contributed by atoms with E-state index in [9.17, 15) is 4.79 Å². The Hall–Kier alpha value is -1.90. The lowest BCUT2D eigenvalue weighted by Gasteiger charge is -2.51. The number of pyridine rings is 1. The summed E-state index contributed by atoms with van der Waals surface area (Å²) in [6.07, 6.45) is 4.18. The maximum Gasteiger partial charge on any atom is 0.252 e. The Morgan fingerprint density at radius 3 is 3.00 bits per heavy atom. The van der Waals surface area contributed by atoms with Crippen LogP contribution in [-0.4, -0.2) is 36.7 Å². The molecule has 1 aliphatic rings. The summed E-state index contributed by atoms with van der Waals surface area (Å²) in [5.74, 6) is 5.50. The van der Waals surface area contributed by atoms with Crippen LogP contribution in [0.2, 0.25) is 0 Å². The van der Waals surface area contributed by atoms with Crippen molar-refractivity contribution in [2.24, 2.45) is 11.1 Å². The Labute approximate surface area is 125 Å². The average molecular weight is 287 g/mol. The van der Waals surface area contributed by atoms with Crippen molar-refractivity contribution in [1.82, 2.24) is 10.3 Å². The Balaban J connectivity index is 2.12. The van der Waals surface area contributed by atoms with Gasteiger partial charge in [-0.2, -0.15) is 0 Å². The van der Waals surface area contributed by atoms with Gasteiger partial charge in [-0.3, -0.25) is 9.78 Å². The van der Waals surface area contributed by atoms with E-state index in [4.69, 9.17) is 10.5 Å². The quantitative estimate of drug-likeness (QED) is 0.811. The number of amides is 1. The molecule has 2 unspecified atom stereocenters. The van der Waals surface area contributed by atoms with Crippen molar-refractivity contribution in [3.63, 3.8) is 0 Å². The molecular weight excluding hydrogens is 266 g/mol. The van der Waals surface area contributed by atoms with Gasteiger partial charge >= 0.3 is 0 Å². The van der Waals surface area contributed by atoms with E-state index in [-0.39, 0.29) is 30.0 Å². The van der Waals surface area contributed by atoms with Crippen LogP contribution in [0, 0.1) is 17.3 Å². The number of aromatic nitrogens is 1. The third-order valence-corrected chi connectivity index (χ3v) is 4.16. The monoisotopic (exact) mass is 287 g/mol. The number of hydrogen-bond donors (Lipinski definition) is 2. The third kappa shape index (κ3) is 3.07. The van der Waals surface area contributed by atoms with E-state index in [1.165, 1.54) is 0 Å². The van der Waals surface area contributed by atoms with Crippen molar-refractivity contribution in [3.05, 3.63) is 29.6 Å². The smallest absolute Gasteiger partial charge is 0.252 e. The standard InChI is InChI=1S/C16H21N3O2/c1-16(2)13(9-14(16)21-3)19-15(20)12-6-8-18-10-11(12)5-4-7-17/h6,8,10,13-14H,7,9,17H2,1-3H3,(H,19,20). The molecular formula is C16H21N3O2. The minimum Gasteiger partial charge on any atom is -0.381 e. The second-order valence-corrected chi connectivity index (χ2v) is 5.73. The molecule has 1 aliphatic carbocycles. The van der Waals surface area contributed by atoms with E-state index in [0.29, 0.717) is 11.1 Å². The first-order valence-electron chi connectivity index (χ1n) is 6.97. The molecule has 5 heteroatoms. The molecule has 2 rings (SSSR count). The number of hydrogen-bond acceptors (Lipinski definition) is 4. The van der Waals surface area contributed by atoms with Gasteiger partial charge < -0.3 is 15.8 Å². The maximum atomic E-state index is 12.4. The first kappa shape index (κ1) is 15.5. The molecule has 1 heterocycles. The SMILES string of the molecule is COC1CC(NC(=O)c2ccncc2C#CCN)C1(C)C. The highest BCUT2D eigenvalue weighted by Gasteiger charge is 2.49. The maximum absolute atomic E-state index is 12.4. The van der Waals surface area contributed by atoms with E-state index in [2.05, 4.69) is 36.0 Å². The predicted octanol–water partition coefficient (Wildman–Crippen LogP) is 0.935. The Bertz CT molecular complexity index is 587. The summed E-state index contributed by atoms with van der Waals surface area (Å²) in [6.45, 7) is 4.44. The fourth-order valence-corrected chi connectivity index (χ4v) is 2.60. The van der Waals surface area contributed by atoms with Crippen molar-refractivity contribution in [3.8, 4) is 11.8 Å². The highest BCUT2D eigenvalue weighted by atomic mass is 16.5. The van der Waals surface area contributed by atoms with Crippen molar-refractivity contribution in [1.29, 1.82) is 0 Å². The van der Waals surface area contributed by atoms with Crippen LogP contribution < -0.4 is 11.1 Å². The summed E-state index contributed by atoms with van der Waals surface area (Å²) >= 11 is 0. The number of carbonyl (C=O) groups excluding carboxylic acids is 1. The molecule has 0 aliphatic heterocycles. The van der Waals surface area contributed by atoms with Crippen molar-refractivity contribution < 1.29 is 9.53 Å². The van der Waals surface area contributed by atoms with Crippen LogP contribution >= 0.6 is 0 Å². The zero-order chi connectivity index (χ0) is 15.5. The normalized spacial score (nSPS) is 22.7. The first-order chi connectivity index (χ1) is 10.0. The van der Waals surface area contributed by atoms with E-state index in [1.54, 1.807) is 25.6 Å². The molecule has 1 aromatic heterocycles. The second-order valence-electron chi connectivity index (χ2n) is 5.73. The Morgan fingerprint density at radius 2 is 2.38 bits per heavy atom. The minimum absolute atomic E-state index is 0.0689. The first-order valence-corrected chi connectivity index (χ1v) is 6.97. The number of methoxy groups -OCH3 is 1. The highest BCUT2D eigenvalue weighted by molar-refractivity contribution is 5.96. The molecule has 0 spiro atoms. The van der Waals surface area contributed by atoms with E-state index in [0.717, 1.165) is 6.42 Å². The van der Waals surface area contributed by atoms with Crippen molar-refractivity contribution >= 4 is 5.91 Å².